The highest BCUT2D eigenvalue weighted by Crippen LogP contribution is 2.41. The van der Waals surface area contributed by atoms with Gasteiger partial charge in [-0.05, 0) is 24.5 Å². The van der Waals surface area contributed by atoms with Crippen LogP contribution in [-0.4, -0.2) is 12.3 Å². The van der Waals surface area contributed by atoms with Gasteiger partial charge in [0.1, 0.15) is 5.78 Å². The van der Waals surface area contributed by atoms with Gasteiger partial charge in [-0.3, -0.25) is 4.79 Å². The molecule has 0 bridgehead atoms. The predicted octanol–water partition coefficient (Wildman–Crippen LogP) is 1.52. The summed E-state index contributed by atoms with van der Waals surface area (Å²) in [6.45, 7) is 0.490. The molecule has 0 aromatic carbocycles. The lowest BCUT2D eigenvalue weighted by Crippen LogP contribution is -2.45. The third kappa shape index (κ3) is 1.48. The lowest BCUT2D eigenvalue weighted by atomic mass is 9.65. The number of hydrogen-bond acceptors (Lipinski definition) is 3. The van der Waals surface area contributed by atoms with Gasteiger partial charge in [0.25, 0.3) is 0 Å². The van der Waals surface area contributed by atoms with Crippen molar-refractivity contribution < 1.29 is 9.21 Å². The molecule has 1 aliphatic carbocycles. The number of carbonyl (C=O) groups is 1. The third-order valence-corrected chi connectivity index (χ3v) is 3.24. The first-order chi connectivity index (χ1) is 6.77. The number of carbonyl (C=O) groups excluding carboxylic acids is 1. The zero-order chi connectivity index (χ0) is 10.0. The van der Waals surface area contributed by atoms with Crippen LogP contribution < -0.4 is 5.73 Å². The molecule has 0 aliphatic heterocycles. The minimum absolute atomic E-state index is 0.211. The van der Waals surface area contributed by atoms with Gasteiger partial charge in [-0.1, -0.05) is 6.42 Å². The second-order valence-corrected chi connectivity index (χ2v) is 4.07. The Morgan fingerprint density at radius 1 is 1.57 bits per heavy atom. The Morgan fingerprint density at radius 3 is 2.79 bits per heavy atom. The minimum Gasteiger partial charge on any atom is -0.472 e. The fraction of sp³-hybridized carbons (Fsp3) is 0.545. The molecule has 0 radical (unpaired) electrons. The molecule has 0 unspecified atom stereocenters. The van der Waals surface area contributed by atoms with Crippen molar-refractivity contribution >= 4 is 5.78 Å². The van der Waals surface area contributed by atoms with Gasteiger partial charge in [0.05, 0.1) is 12.5 Å². The van der Waals surface area contributed by atoms with Gasteiger partial charge in [-0.15, -0.1) is 0 Å². The maximum Gasteiger partial charge on any atom is 0.144 e. The van der Waals surface area contributed by atoms with Gasteiger partial charge in [-0.25, -0.2) is 0 Å². The summed E-state index contributed by atoms with van der Waals surface area (Å²) >= 11 is 0. The molecule has 3 heteroatoms. The van der Waals surface area contributed by atoms with Gasteiger partial charge in [0.15, 0.2) is 0 Å². The van der Waals surface area contributed by atoms with Crippen LogP contribution in [0.25, 0.3) is 0 Å². The Balaban J connectivity index is 2.01. The first-order valence-corrected chi connectivity index (χ1v) is 5.01. The van der Waals surface area contributed by atoms with Crippen molar-refractivity contribution in [2.45, 2.75) is 25.7 Å². The maximum atomic E-state index is 11.9. The van der Waals surface area contributed by atoms with Crippen molar-refractivity contribution in [1.29, 1.82) is 0 Å². The molecule has 0 spiro atoms. The average molecular weight is 193 g/mol. The van der Waals surface area contributed by atoms with Crippen LogP contribution in [0.15, 0.2) is 23.0 Å². The highest BCUT2D eigenvalue weighted by molar-refractivity contribution is 5.87. The monoisotopic (exact) mass is 193 g/mol. The molecule has 1 aliphatic rings. The van der Waals surface area contributed by atoms with E-state index in [9.17, 15) is 4.79 Å². The van der Waals surface area contributed by atoms with Crippen LogP contribution in [0.1, 0.15) is 24.8 Å². The van der Waals surface area contributed by atoms with Crippen LogP contribution in [0, 0.1) is 5.41 Å². The standard InChI is InChI=1S/C11H15NO2/c12-8-11(3-1-4-11)10(13)6-9-2-5-14-7-9/h2,5,7H,1,3-4,6,8,12H2. The summed E-state index contributed by atoms with van der Waals surface area (Å²) in [5.74, 6) is 0.271. The normalized spacial score (nSPS) is 18.9. The Bertz CT molecular complexity index is 307. The summed E-state index contributed by atoms with van der Waals surface area (Å²) in [6, 6.07) is 1.83. The molecule has 1 aromatic rings. The van der Waals surface area contributed by atoms with Crippen molar-refractivity contribution in [3.05, 3.63) is 24.2 Å². The number of hydrogen-bond donors (Lipinski definition) is 1. The zero-order valence-corrected chi connectivity index (χ0v) is 8.16. The van der Waals surface area contributed by atoms with Crippen LogP contribution in [-0.2, 0) is 11.2 Å². The SMILES string of the molecule is NCC1(C(=O)Cc2ccoc2)CCC1. The molecule has 0 amide bonds. The van der Waals surface area contributed by atoms with Gasteiger partial charge in [0.2, 0.25) is 0 Å². The van der Waals surface area contributed by atoms with Crippen LogP contribution in [0.3, 0.4) is 0 Å². The molecular formula is C11H15NO2. The van der Waals surface area contributed by atoms with Gasteiger partial charge in [0, 0.05) is 18.4 Å². The average Bonchev–Trinajstić information content (AvgIpc) is 2.55. The van der Waals surface area contributed by atoms with E-state index in [1.807, 2.05) is 6.07 Å². The van der Waals surface area contributed by atoms with Crippen LogP contribution in [0.4, 0.5) is 0 Å². The second kappa shape index (κ2) is 3.58. The van der Waals surface area contributed by atoms with Gasteiger partial charge in [-0.2, -0.15) is 0 Å². The molecule has 2 rings (SSSR count). The maximum absolute atomic E-state index is 11.9. The molecule has 76 valence electrons. The van der Waals surface area contributed by atoms with Crippen LogP contribution in [0.5, 0.6) is 0 Å². The predicted molar refractivity (Wildman–Crippen MR) is 52.8 cm³/mol. The van der Waals surface area contributed by atoms with E-state index in [1.165, 1.54) is 0 Å². The topological polar surface area (TPSA) is 56.2 Å². The zero-order valence-electron chi connectivity index (χ0n) is 8.16. The third-order valence-electron chi connectivity index (χ3n) is 3.24. The first-order valence-electron chi connectivity index (χ1n) is 5.01. The first kappa shape index (κ1) is 9.46. The van der Waals surface area contributed by atoms with Crippen molar-refractivity contribution in [1.82, 2.24) is 0 Å². The number of ketones is 1. The van der Waals surface area contributed by atoms with E-state index in [1.54, 1.807) is 12.5 Å². The Labute approximate surface area is 83.3 Å². The van der Waals surface area contributed by atoms with Crippen molar-refractivity contribution in [2.75, 3.05) is 6.54 Å². The summed E-state index contributed by atoms with van der Waals surface area (Å²) in [6.07, 6.45) is 6.74. The molecule has 1 heterocycles. The van der Waals surface area contributed by atoms with Gasteiger partial charge >= 0.3 is 0 Å². The largest absolute Gasteiger partial charge is 0.472 e. The van der Waals surface area contributed by atoms with E-state index < -0.39 is 0 Å². The van der Waals surface area contributed by atoms with E-state index in [4.69, 9.17) is 10.2 Å². The summed E-state index contributed by atoms with van der Waals surface area (Å²) < 4.78 is 4.93. The molecular weight excluding hydrogens is 178 g/mol. The van der Waals surface area contributed by atoms with E-state index >= 15 is 0 Å². The van der Waals surface area contributed by atoms with Crippen LogP contribution in [0.2, 0.25) is 0 Å². The Hall–Kier alpha value is -1.09. The number of nitrogens with two attached hydrogens (primary N) is 1. The van der Waals surface area contributed by atoms with Crippen LogP contribution >= 0.6 is 0 Å². The summed E-state index contributed by atoms with van der Waals surface area (Å²) in [5.41, 5.74) is 6.40. The van der Waals surface area contributed by atoms with Crippen molar-refractivity contribution in [3.8, 4) is 0 Å². The van der Waals surface area contributed by atoms with E-state index in [0.717, 1.165) is 24.8 Å². The van der Waals surface area contributed by atoms with E-state index in [-0.39, 0.29) is 11.2 Å². The second-order valence-electron chi connectivity index (χ2n) is 4.07. The number of Topliss-reactive ketones (excluding diaryl/α,β-unsaturated/α-hetero) is 1. The lowest BCUT2D eigenvalue weighted by Gasteiger charge is -2.39. The van der Waals surface area contributed by atoms with E-state index in [0.29, 0.717) is 13.0 Å². The summed E-state index contributed by atoms with van der Waals surface area (Å²) in [4.78, 5) is 11.9. The molecule has 3 nitrogen and oxygen atoms in total. The number of furan rings is 1. The van der Waals surface area contributed by atoms with Crippen molar-refractivity contribution in [2.24, 2.45) is 11.1 Å². The highest BCUT2D eigenvalue weighted by Gasteiger charge is 2.41. The molecule has 1 fully saturated rings. The fourth-order valence-corrected chi connectivity index (χ4v) is 1.97. The molecule has 1 saturated carbocycles. The molecule has 1 aromatic heterocycles. The Morgan fingerprint density at radius 2 is 2.36 bits per heavy atom. The fourth-order valence-electron chi connectivity index (χ4n) is 1.97. The van der Waals surface area contributed by atoms with Crippen molar-refractivity contribution in [3.63, 3.8) is 0 Å². The molecule has 0 atom stereocenters. The summed E-state index contributed by atoms with van der Waals surface area (Å²) in [5, 5.41) is 0. The number of rotatable bonds is 4. The summed E-state index contributed by atoms with van der Waals surface area (Å²) in [7, 11) is 0. The highest BCUT2D eigenvalue weighted by atomic mass is 16.3. The molecule has 0 saturated heterocycles. The smallest absolute Gasteiger partial charge is 0.144 e. The van der Waals surface area contributed by atoms with E-state index in [2.05, 4.69) is 0 Å². The molecule has 2 N–H and O–H groups in total. The van der Waals surface area contributed by atoms with Gasteiger partial charge < -0.3 is 10.2 Å². The minimum atomic E-state index is -0.211. The molecule has 14 heavy (non-hydrogen) atoms. The lowest BCUT2D eigenvalue weighted by molar-refractivity contribution is -0.132. The Kier molecular flexibility index (Phi) is 2.42. The quantitative estimate of drug-likeness (QED) is 0.788.